The van der Waals surface area contributed by atoms with Gasteiger partial charge in [-0.3, -0.25) is 5.10 Å². The van der Waals surface area contributed by atoms with Gasteiger partial charge in [0.2, 0.25) is 0 Å². The number of hydrogen-bond acceptors (Lipinski definition) is 5. The standard InChI is InChI=1S/C23H31N7/c1-12(2)19-16-9-24-10-17(16)21(29-27-19)14(5)7-8-15(6)22-23-18(11-25-26-23)20(13(3)4)28-30-22/h9-15,24H,7-8H2,1-6H3,(H,25,26). The lowest BCUT2D eigenvalue weighted by atomic mass is 9.91. The zero-order valence-corrected chi connectivity index (χ0v) is 18.7. The molecule has 2 N–H and O–H groups in total. The molecule has 0 aliphatic heterocycles. The Labute approximate surface area is 177 Å². The molecule has 7 heteroatoms. The number of rotatable bonds is 7. The molecule has 0 saturated heterocycles. The highest BCUT2D eigenvalue weighted by Crippen LogP contribution is 2.33. The minimum Gasteiger partial charge on any atom is -0.366 e. The van der Waals surface area contributed by atoms with E-state index in [1.807, 2.05) is 12.4 Å². The third-order valence-electron chi connectivity index (χ3n) is 6.06. The van der Waals surface area contributed by atoms with Gasteiger partial charge in [-0.25, -0.2) is 0 Å². The molecule has 4 aromatic rings. The highest BCUT2D eigenvalue weighted by atomic mass is 15.2. The summed E-state index contributed by atoms with van der Waals surface area (Å²) in [6, 6.07) is 0. The van der Waals surface area contributed by atoms with Crippen molar-refractivity contribution in [1.82, 2.24) is 35.6 Å². The third-order valence-corrected chi connectivity index (χ3v) is 6.06. The molecular formula is C23H31N7. The summed E-state index contributed by atoms with van der Waals surface area (Å²) in [5, 5.41) is 29.1. The first kappa shape index (κ1) is 20.4. The second-order valence-electron chi connectivity index (χ2n) is 9.07. The van der Waals surface area contributed by atoms with E-state index >= 15 is 0 Å². The number of nitrogens with zero attached hydrogens (tertiary/aromatic N) is 5. The van der Waals surface area contributed by atoms with Crippen LogP contribution in [-0.4, -0.2) is 35.6 Å². The van der Waals surface area contributed by atoms with Crippen LogP contribution in [0.5, 0.6) is 0 Å². The summed E-state index contributed by atoms with van der Waals surface area (Å²) < 4.78 is 0. The van der Waals surface area contributed by atoms with E-state index < -0.39 is 0 Å². The molecule has 0 radical (unpaired) electrons. The van der Waals surface area contributed by atoms with Gasteiger partial charge in [0.15, 0.2) is 0 Å². The molecule has 0 aliphatic rings. The van der Waals surface area contributed by atoms with Gasteiger partial charge < -0.3 is 4.98 Å². The Hall–Kier alpha value is -2.83. The molecular weight excluding hydrogens is 374 g/mol. The molecule has 30 heavy (non-hydrogen) atoms. The highest BCUT2D eigenvalue weighted by molar-refractivity contribution is 5.86. The summed E-state index contributed by atoms with van der Waals surface area (Å²) >= 11 is 0. The minimum absolute atomic E-state index is 0.272. The molecule has 0 saturated carbocycles. The van der Waals surface area contributed by atoms with Crippen LogP contribution in [-0.2, 0) is 0 Å². The van der Waals surface area contributed by atoms with Crippen molar-refractivity contribution in [2.45, 2.75) is 78.1 Å². The van der Waals surface area contributed by atoms with Gasteiger partial charge in [0.25, 0.3) is 0 Å². The van der Waals surface area contributed by atoms with Crippen molar-refractivity contribution in [2.24, 2.45) is 0 Å². The van der Waals surface area contributed by atoms with Crippen molar-refractivity contribution in [2.75, 3.05) is 0 Å². The number of hydrogen-bond donors (Lipinski definition) is 2. The van der Waals surface area contributed by atoms with E-state index in [0.717, 1.165) is 46.5 Å². The first-order valence-electron chi connectivity index (χ1n) is 10.9. The van der Waals surface area contributed by atoms with Crippen LogP contribution in [0.25, 0.3) is 21.7 Å². The summed E-state index contributed by atoms with van der Waals surface area (Å²) in [4.78, 5) is 3.24. The first-order valence-corrected chi connectivity index (χ1v) is 10.9. The fraction of sp³-hybridized carbons (Fsp3) is 0.522. The van der Waals surface area contributed by atoms with Gasteiger partial charge in [-0.05, 0) is 24.7 Å². The van der Waals surface area contributed by atoms with Crippen molar-refractivity contribution in [1.29, 1.82) is 0 Å². The summed E-state index contributed by atoms with van der Waals surface area (Å²) in [6.45, 7) is 13.0. The predicted molar refractivity (Wildman–Crippen MR) is 120 cm³/mol. The Balaban J connectivity index is 1.54. The Morgan fingerprint density at radius 2 is 1.17 bits per heavy atom. The van der Waals surface area contributed by atoms with Crippen molar-refractivity contribution in [3.05, 3.63) is 41.4 Å². The number of aromatic amines is 2. The monoisotopic (exact) mass is 405 g/mol. The maximum Gasteiger partial charge on any atom is 0.0915 e. The van der Waals surface area contributed by atoms with Gasteiger partial charge in [-0.2, -0.15) is 25.5 Å². The number of aromatic nitrogens is 7. The molecule has 0 spiro atoms. The van der Waals surface area contributed by atoms with Crippen molar-refractivity contribution >= 4 is 21.7 Å². The normalized spacial score (nSPS) is 14.3. The van der Waals surface area contributed by atoms with Crippen LogP contribution in [0.2, 0.25) is 0 Å². The Morgan fingerprint density at radius 3 is 1.80 bits per heavy atom. The fourth-order valence-electron chi connectivity index (χ4n) is 4.23. The van der Waals surface area contributed by atoms with Gasteiger partial charge in [0.1, 0.15) is 0 Å². The number of fused-ring (bicyclic) bond motifs is 2. The van der Waals surface area contributed by atoms with E-state index in [2.05, 4.69) is 83.3 Å². The lowest BCUT2D eigenvalue weighted by Crippen LogP contribution is -2.08. The molecule has 0 amide bonds. The quantitative estimate of drug-likeness (QED) is 0.420. The SMILES string of the molecule is CC(C)c1nnc(C(C)CCC(C)c2nnc(C(C)C)c3cn[nH]c23)c2c[nH]cc12. The number of H-pyrrole nitrogens is 2. The third kappa shape index (κ3) is 3.57. The van der Waals surface area contributed by atoms with Gasteiger partial charge in [0, 0.05) is 40.4 Å². The minimum atomic E-state index is 0.272. The topological polar surface area (TPSA) is 96.0 Å². The van der Waals surface area contributed by atoms with E-state index in [4.69, 9.17) is 0 Å². The van der Waals surface area contributed by atoms with Crippen LogP contribution >= 0.6 is 0 Å². The van der Waals surface area contributed by atoms with Crippen LogP contribution in [0.15, 0.2) is 18.6 Å². The van der Waals surface area contributed by atoms with E-state index in [1.54, 1.807) is 0 Å². The van der Waals surface area contributed by atoms with E-state index in [-0.39, 0.29) is 5.92 Å². The van der Waals surface area contributed by atoms with E-state index in [1.165, 1.54) is 10.8 Å². The maximum atomic E-state index is 4.61. The maximum absolute atomic E-state index is 4.61. The second kappa shape index (κ2) is 8.13. The van der Waals surface area contributed by atoms with Crippen molar-refractivity contribution in [3.63, 3.8) is 0 Å². The molecule has 2 unspecified atom stereocenters. The smallest absolute Gasteiger partial charge is 0.0915 e. The van der Waals surface area contributed by atoms with Gasteiger partial charge in [0.05, 0.1) is 34.5 Å². The van der Waals surface area contributed by atoms with Crippen LogP contribution in [0.1, 0.15) is 101 Å². The van der Waals surface area contributed by atoms with Gasteiger partial charge >= 0.3 is 0 Å². The van der Waals surface area contributed by atoms with Crippen LogP contribution < -0.4 is 0 Å². The van der Waals surface area contributed by atoms with Gasteiger partial charge in [-0.15, -0.1) is 0 Å². The average molecular weight is 406 g/mol. The lowest BCUT2D eigenvalue weighted by molar-refractivity contribution is 0.552. The molecule has 4 rings (SSSR count). The lowest BCUT2D eigenvalue weighted by Gasteiger charge is -2.17. The van der Waals surface area contributed by atoms with Crippen LogP contribution in [0.4, 0.5) is 0 Å². The van der Waals surface area contributed by atoms with Crippen LogP contribution in [0, 0.1) is 0 Å². The molecule has 0 aromatic carbocycles. The summed E-state index contributed by atoms with van der Waals surface area (Å²) in [6.07, 6.45) is 7.95. The Morgan fingerprint density at radius 1 is 0.667 bits per heavy atom. The largest absolute Gasteiger partial charge is 0.366 e. The molecule has 158 valence electrons. The summed E-state index contributed by atoms with van der Waals surface area (Å²) in [5.74, 6) is 1.25. The Kier molecular flexibility index (Phi) is 5.54. The van der Waals surface area contributed by atoms with Crippen molar-refractivity contribution < 1.29 is 0 Å². The number of nitrogens with one attached hydrogen (secondary N) is 2. The molecule has 2 atom stereocenters. The fourth-order valence-corrected chi connectivity index (χ4v) is 4.23. The van der Waals surface area contributed by atoms with Gasteiger partial charge in [-0.1, -0.05) is 41.5 Å². The van der Waals surface area contributed by atoms with Crippen molar-refractivity contribution in [3.8, 4) is 0 Å². The zero-order valence-electron chi connectivity index (χ0n) is 18.7. The highest BCUT2D eigenvalue weighted by Gasteiger charge is 2.21. The molecule has 0 aliphatic carbocycles. The summed E-state index contributed by atoms with van der Waals surface area (Å²) in [7, 11) is 0. The van der Waals surface area contributed by atoms with E-state index in [9.17, 15) is 0 Å². The Bertz CT molecular complexity index is 1060. The molecule has 4 aromatic heterocycles. The second-order valence-corrected chi connectivity index (χ2v) is 9.07. The summed E-state index contributed by atoms with van der Waals surface area (Å²) in [5.41, 5.74) is 5.13. The van der Waals surface area contributed by atoms with E-state index in [0.29, 0.717) is 17.8 Å². The average Bonchev–Trinajstić information content (AvgIpc) is 3.39. The molecule has 7 nitrogen and oxygen atoms in total. The molecule has 0 bridgehead atoms. The predicted octanol–water partition coefficient (Wildman–Crippen LogP) is 5.56. The zero-order chi connectivity index (χ0) is 21.4. The molecule has 4 heterocycles. The first-order chi connectivity index (χ1) is 14.4. The molecule has 0 fully saturated rings. The van der Waals surface area contributed by atoms with Crippen LogP contribution in [0.3, 0.4) is 0 Å².